The summed E-state index contributed by atoms with van der Waals surface area (Å²) in [6.45, 7) is 3.28. The van der Waals surface area contributed by atoms with Gasteiger partial charge >= 0.3 is 0 Å². The van der Waals surface area contributed by atoms with Gasteiger partial charge in [-0.25, -0.2) is 8.42 Å². The van der Waals surface area contributed by atoms with E-state index in [2.05, 4.69) is 4.90 Å². The second-order valence-corrected chi connectivity index (χ2v) is 7.73. The highest BCUT2D eigenvalue weighted by Gasteiger charge is 2.18. The van der Waals surface area contributed by atoms with Gasteiger partial charge in [0, 0.05) is 30.6 Å². The van der Waals surface area contributed by atoms with Crippen LogP contribution in [0.4, 0.5) is 5.69 Å². The number of aryl methyl sites for hydroxylation is 1. The maximum Gasteiger partial charge on any atom is 0.159 e. The Kier molecular flexibility index (Phi) is 4.48. The number of fused-ring (bicyclic) bond motifs is 1. The fourth-order valence-electron chi connectivity index (χ4n) is 2.64. The average molecular weight is 295 g/mol. The van der Waals surface area contributed by atoms with Crippen LogP contribution in [0.25, 0.3) is 0 Å². The van der Waals surface area contributed by atoms with Gasteiger partial charge in [0.05, 0.1) is 5.75 Å². The number of Topliss-reactive ketones (excluding diaryl/α,β-unsaturated/α-hetero) is 1. The quantitative estimate of drug-likeness (QED) is 0.780. The Morgan fingerprint density at radius 1 is 1.35 bits per heavy atom. The van der Waals surface area contributed by atoms with E-state index in [0.29, 0.717) is 6.42 Å². The lowest BCUT2D eigenvalue weighted by Crippen LogP contribution is -2.31. The van der Waals surface area contributed by atoms with Crippen molar-refractivity contribution in [2.24, 2.45) is 0 Å². The molecular weight excluding hydrogens is 274 g/mol. The minimum absolute atomic E-state index is 0.0852. The van der Waals surface area contributed by atoms with Gasteiger partial charge in [0.15, 0.2) is 5.78 Å². The van der Waals surface area contributed by atoms with E-state index in [1.807, 2.05) is 18.2 Å². The summed E-state index contributed by atoms with van der Waals surface area (Å²) in [7, 11) is -2.89. The third kappa shape index (κ3) is 3.82. The first-order chi connectivity index (χ1) is 9.37. The smallest absolute Gasteiger partial charge is 0.159 e. The van der Waals surface area contributed by atoms with Gasteiger partial charge in [-0.15, -0.1) is 0 Å². The van der Waals surface area contributed by atoms with E-state index >= 15 is 0 Å². The molecule has 110 valence electrons. The van der Waals surface area contributed by atoms with Gasteiger partial charge in [0.25, 0.3) is 0 Å². The van der Waals surface area contributed by atoms with Crippen molar-refractivity contribution in [3.05, 3.63) is 29.3 Å². The lowest BCUT2D eigenvalue weighted by atomic mass is 9.98. The summed E-state index contributed by atoms with van der Waals surface area (Å²) >= 11 is 0. The summed E-state index contributed by atoms with van der Waals surface area (Å²) in [5, 5.41) is 0. The van der Waals surface area contributed by atoms with Crippen molar-refractivity contribution in [1.29, 1.82) is 0 Å². The van der Waals surface area contributed by atoms with Crippen LogP contribution < -0.4 is 4.90 Å². The lowest BCUT2D eigenvalue weighted by molar-refractivity contribution is 0.101. The molecule has 0 bridgehead atoms. The molecular formula is C15H21NO3S. The summed E-state index contributed by atoms with van der Waals surface area (Å²) < 4.78 is 22.4. The molecule has 0 amide bonds. The van der Waals surface area contributed by atoms with Gasteiger partial charge in [-0.05, 0) is 49.9 Å². The highest BCUT2D eigenvalue weighted by atomic mass is 32.2. The average Bonchev–Trinajstić information content (AvgIpc) is 2.36. The van der Waals surface area contributed by atoms with E-state index < -0.39 is 9.84 Å². The Morgan fingerprint density at radius 2 is 2.10 bits per heavy atom. The predicted octanol–water partition coefficient (Wildman–Crippen LogP) is 2.08. The Labute approximate surface area is 120 Å². The third-order valence-corrected chi connectivity index (χ3v) is 4.67. The van der Waals surface area contributed by atoms with Crippen LogP contribution in [0.15, 0.2) is 18.2 Å². The van der Waals surface area contributed by atoms with Gasteiger partial charge in [0.1, 0.15) is 9.84 Å². The van der Waals surface area contributed by atoms with Crippen molar-refractivity contribution in [2.45, 2.75) is 26.2 Å². The van der Waals surface area contributed by atoms with Crippen LogP contribution in [0.5, 0.6) is 0 Å². The van der Waals surface area contributed by atoms with Crippen LogP contribution in [-0.2, 0) is 16.3 Å². The first-order valence-electron chi connectivity index (χ1n) is 6.93. The van der Waals surface area contributed by atoms with Gasteiger partial charge in [0.2, 0.25) is 0 Å². The molecule has 0 fully saturated rings. The summed E-state index contributed by atoms with van der Waals surface area (Å²) in [6.07, 6.45) is 3.95. The van der Waals surface area contributed by atoms with Gasteiger partial charge in [-0.1, -0.05) is 0 Å². The van der Waals surface area contributed by atoms with Crippen molar-refractivity contribution >= 4 is 21.3 Å². The fourth-order valence-corrected chi connectivity index (χ4v) is 3.30. The number of hydrogen-bond acceptors (Lipinski definition) is 4. The predicted molar refractivity (Wildman–Crippen MR) is 81.3 cm³/mol. The Hall–Kier alpha value is -1.36. The van der Waals surface area contributed by atoms with Crippen molar-refractivity contribution in [3.8, 4) is 0 Å². The van der Waals surface area contributed by atoms with Crippen molar-refractivity contribution < 1.29 is 13.2 Å². The fraction of sp³-hybridized carbons (Fsp3) is 0.533. The normalized spacial score (nSPS) is 15.0. The van der Waals surface area contributed by atoms with E-state index in [9.17, 15) is 13.2 Å². The number of anilines is 1. The molecule has 1 aliphatic heterocycles. The van der Waals surface area contributed by atoms with Gasteiger partial charge in [-0.2, -0.15) is 0 Å². The summed E-state index contributed by atoms with van der Waals surface area (Å²) in [4.78, 5) is 13.6. The molecule has 5 heteroatoms. The first-order valence-corrected chi connectivity index (χ1v) is 8.99. The number of hydrogen-bond donors (Lipinski definition) is 0. The Morgan fingerprint density at radius 3 is 2.75 bits per heavy atom. The van der Waals surface area contributed by atoms with Crippen LogP contribution in [-0.4, -0.2) is 39.3 Å². The van der Waals surface area contributed by atoms with Crippen molar-refractivity contribution in [3.63, 3.8) is 0 Å². The summed E-state index contributed by atoms with van der Waals surface area (Å²) in [6, 6.07) is 5.82. The number of carbonyl (C=O) groups is 1. The van der Waals surface area contributed by atoms with Crippen LogP contribution in [0.3, 0.4) is 0 Å². The molecule has 4 nitrogen and oxygen atoms in total. The molecule has 20 heavy (non-hydrogen) atoms. The van der Waals surface area contributed by atoms with Gasteiger partial charge < -0.3 is 4.90 Å². The molecule has 0 aliphatic carbocycles. The first kappa shape index (κ1) is 15.0. The molecule has 1 aromatic carbocycles. The van der Waals surface area contributed by atoms with Crippen molar-refractivity contribution in [2.75, 3.05) is 30.0 Å². The Bertz CT molecular complexity index is 608. The summed E-state index contributed by atoms with van der Waals surface area (Å²) in [5.74, 6) is 0.312. The molecule has 0 saturated carbocycles. The molecule has 1 aliphatic rings. The molecule has 0 aromatic heterocycles. The number of rotatable bonds is 5. The Balaban J connectivity index is 2.10. The third-order valence-electron chi connectivity index (χ3n) is 3.64. The number of sulfone groups is 1. The zero-order valence-electron chi connectivity index (χ0n) is 12.1. The van der Waals surface area contributed by atoms with Crippen LogP contribution >= 0.6 is 0 Å². The summed E-state index contributed by atoms with van der Waals surface area (Å²) in [5.41, 5.74) is 3.10. The zero-order valence-corrected chi connectivity index (χ0v) is 12.9. The van der Waals surface area contributed by atoms with E-state index in [1.54, 1.807) is 6.92 Å². The monoisotopic (exact) mass is 295 g/mol. The minimum atomic E-state index is -2.89. The molecule has 1 aromatic rings. The largest absolute Gasteiger partial charge is 0.371 e. The molecule has 0 spiro atoms. The topological polar surface area (TPSA) is 54.5 Å². The molecule has 0 N–H and O–H groups in total. The van der Waals surface area contributed by atoms with Gasteiger partial charge in [-0.3, -0.25) is 4.79 Å². The molecule has 1 heterocycles. The van der Waals surface area contributed by atoms with Crippen LogP contribution in [0.2, 0.25) is 0 Å². The van der Waals surface area contributed by atoms with E-state index in [-0.39, 0.29) is 11.5 Å². The number of benzene rings is 1. The second kappa shape index (κ2) is 5.95. The molecule has 2 rings (SSSR count). The zero-order chi connectivity index (χ0) is 14.8. The molecule has 0 radical (unpaired) electrons. The van der Waals surface area contributed by atoms with Crippen LogP contribution in [0, 0.1) is 0 Å². The van der Waals surface area contributed by atoms with Crippen LogP contribution in [0.1, 0.15) is 35.7 Å². The second-order valence-electron chi connectivity index (χ2n) is 5.47. The number of carbonyl (C=O) groups excluding carboxylic acids is 1. The highest BCUT2D eigenvalue weighted by Crippen LogP contribution is 2.28. The molecule has 0 saturated heterocycles. The van der Waals surface area contributed by atoms with E-state index in [4.69, 9.17) is 0 Å². The van der Waals surface area contributed by atoms with E-state index in [1.165, 1.54) is 11.8 Å². The molecule has 0 unspecified atom stereocenters. The maximum atomic E-state index is 11.4. The maximum absolute atomic E-state index is 11.4. The number of nitrogens with zero attached hydrogens (tertiary/aromatic N) is 1. The number of ketones is 1. The standard InChI is InChI=1S/C15H21NO3S/c1-12(17)13-6-7-15-14(11-13)5-3-8-16(15)9-4-10-20(2,18)19/h6-7,11H,3-5,8-10H2,1-2H3. The SMILES string of the molecule is CC(=O)c1ccc2c(c1)CCCN2CCCS(C)(=O)=O. The lowest BCUT2D eigenvalue weighted by Gasteiger charge is -2.31. The van der Waals surface area contributed by atoms with Crippen molar-refractivity contribution in [1.82, 2.24) is 0 Å². The minimum Gasteiger partial charge on any atom is -0.371 e. The van der Waals surface area contributed by atoms with E-state index in [0.717, 1.165) is 37.2 Å². The highest BCUT2D eigenvalue weighted by molar-refractivity contribution is 7.90. The molecule has 0 atom stereocenters.